The molecule has 1 amide bonds. The van der Waals surface area contributed by atoms with E-state index >= 15 is 0 Å². The van der Waals surface area contributed by atoms with E-state index in [1.165, 1.54) is 0 Å². The van der Waals surface area contributed by atoms with Crippen LogP contribution >= 0.6 is 12.2 Å². The van der Waals surface area contributed by atoms with E-state index in [0.717, 1.165) is 27.7 Å². The number of nitrogens with one attached hydrogen (secondary N) is 1. The lowest BCUT2D eigenvalue weighted by Crippen LogP contribution is -2.57. The van der Waals surface area contributed by atoms with Crippen LogP contribution in [0.5, 0.6) is 0 Å². The van der Waals surface area contributed by atoms with Gasteiger partial charge in [-0.1, -0.05) is 0 Å². The Balaban J connectivity index is 6.02. The summed E-state index contributed by atoms with van der Waals surface area (Å²) in [5.74, 6) is -3.32. The van der Waals surface area contributed by atoms with Crippen LogP contribution in [0.3, 0.4) is 0 Å². The summed E-state index contributed by atoms with van der Waals surface area (Å²) in [6.45, 7) is 4.10. The fourth-order valence-corrected chi connectivity index (χ4v) is 2.08. The van der Waals surface area contributed by atoms with E-state index < -0.39 is 53.2 Å². The second kappa shape index (κ2) is 10.3. The minimum Gasteiger partial charge on any atom is -0.499 e. The summed E-state index contributed by atoms with van der Waals surface area (Å²) >= 11 is 4.58. The normalized spacial score (nSPS) is 14.9. The van der Waals surface area contributed by atoms with E-state index in [-0.39, 0.29) is 6.29 Å². The summed E-state index contributed by atoms with van der Waals surface area (Å²) in [5.41, 5.74) is 0. The molecule has 0 saturated heterocycles. The van der Waals surface area contributed by atoms with Crippen LogP contribution in [-0.4, -0.2) is 64.6 Å². The first-order valence-electron chi connectivity index (χ1n) is 6.96. The molecule has 0 radical (unpaired) electrons. The maximum Gasteiger partial charge on any atom is 0.303 e. The lowest BCUT2D eigenvalue weighted by atomic mass is 10.0. The zero-order valence-electron chi connectivity index (χ0n) is 14.0. The summed E-state index contributed by atoms with van der Waals surface area (Å²) in [4.78, 5) is 56.6. The van der Waals surface area contributed by atoms with E-state index in [4.69, 9.17) is 14.2 Å². The van der Waals surface area contributed by atoms with Gasteiger partial charge in [0.2, 0.25) is 17.1 Å². The lowest BCUT2D eigenvalue weighted by molar-refractivity contribution is -0.180. The maximum absolute atomic E-state index is 11.4. The Morgan fingerprint density at radius 3 is 1.68 bits per heavy atom. The molecule has 0 spiro atoms. The van der Waals surface area contributed by atoms with Crippen LogP contribution in [0, 0.1) is 0 Å². The Morgan fingerprint density at radius 2 is 1.36 bits per heavy atom. The van der Waals surface area contributed by atoms with Crippen LogP contribution in [-0.2, 0) is 38.2 Å². The third-order valence-corrected chi connectivity index (χ3v) is 2.87. The number of aliphatic hydroxyl groups is 1. The molecule has 0 aromatic rings. The number of hydrogen-bond acceptors (Lipinski definition) is 9. The molecule has 11 heteroatoms. The molecule has 0 aromatic heterocycles. The molecule has 0 aliphatic heterocycles. The van der Waals surface area contributed by atoms with Gasteiger partial charge in [0.05, 0.1) is 0 Å². The summed E-state index contributed by atoms with van der Waals surface area (Å²) in [6, 6.07) is -1.46. The highest BCUT2D eigenvalue weighted by Gasteiger charge is 2.44. The quantitative estimate of drug-likeness (QED) is 0.230. The van der Waals surface area contributed by atoms with E-state index in [0.29, 0.717) is 0 Å². The first-order chi connectivity index (χ1) is 11.5. The van der Waals surface area contributed by atoms with Crippen LogP contribution in [0.2, 0.25) is 0 Å². The second-order valence-corrected chi connectivity index (χ2v) is 5.30. The van der Waals surface area contributed by atoms with Crippen LogP contribution in [0.4, 0.5) is 0 Å². The van der Waals surface area contributed by atoms with Gasteiger partial charge < -0.3 is 29.4 Å². The van der Waals surface area contributed by atoms with Crippen LogP contribution in [0.1, 0.15) is 27.7 Å². The number of hydrogen-bond donors (Lipinski definition) is 2. The van der Waals surface area contributed by atoms with E-state index in [1.54, 1.807) is 0 Å². The topological polar surface area (TPSA) is 145 Å². The SMILES string of the molecule is CC(=O)N[C@H](C=O)[C@@H](OC(C)=O)[C@H](OC(C)=O)[C@H](OC(C)=O)C(O)=S. The van der Waals surface area contributed by atoms with Crippen molar-refractivity contribution in [2.45, 2.75) is 52.0 Å². The number of amides is 1. The fraction of sp³-hybridized carbons (Fsp3) is 0.571. The number of rotatable bonds is 9. The predicted molar refractivity (Wildman–Crippen MR) is 85.6 cm³/mol. The molecule has 25 heavy (non-hydrogen) atoms. The predicted octanol–water partition coefficient (Wildman–Crippen LogP) is -0.629. The van der Waals surface area contributed by atoms with Gasteiger partial charge in [0.25, 0.3) is 0 Å². The van der Waals surface area contributed by atoms with Crippen molar-refractivity contribution in [1.29, 1.82) is 0 Å². The zero-order valence-corrected chi connectivity index (χ0v) is 14.8. The number of esters is 3. The standard InChI is InChI=1S/C14H19NO9S/c1-6(17)15-10(5-16)11(22-7(2)18)12(23-8(3)19)13(14(21)25)24-9(4)20/h5,10-13H,1-4H3,(H,15,17)(H,21,25)/t10-,11-,12+,13+/m1/s1. The first-order valence-corrected chi connectivity index (χ1v) is 7.37. The Bertz CT molecular complexity index is 563. The van der Waals surface area contributed by atoms with Crippen molar-refractivity contribution in [2.24, 2.45) is 0 Å². The molecule has 0 aliphatic carbocycles. The largest absolute Gasteiger partial charge is 0.499 e. The number of aldehydes is 1. The van der Waals surface area contributed by atoms with E-state index in [9.17, 15) is 29.1 Å². The van der Waals surface area contributed by atoms with Crippen molar-refractivity contribution in [3.05, 3.63) is 0 Å². The molecule has 0 aromatic carbocycles. The zero-order chi connectivity index (χ0) is 19.7. The second-order valence-electron chi connectivity index (χ2n) is 4.88. The molecule has 0 fully saturated rings. The molecule has 0 rings (SSSR count). The van der Waals surface area contributed by atoms with Gasteiger partial charge in [-0.25, -0.2) is 0 Å². The molecule has 140 valence electrons. The summed E-state index contributed by atoms with van der Waals surface area (Å²) in [6.07, 6.45) is -4.77. The van der Waals surface area contributed by atoms with Crippen molar-refractivity contribution in [3.63, 3.8) is 0 Å². The fourth-order valence-electron chi connectivity index (χ4n) is 1.89. The average Bonchev–Trinajstić information content (AvgIpc) is 2.45. The number of aliphatic hydroxyl groups excluding tert-OH is 1. The Morgan fingerprint density at radius 1 is 0.920 bits per heavy atom. The van der Waals surface area contributed by atoms with Crippen LogP contribution in [0.25, 0.3) is 0 Å². The van der Waals surface area contributed by atoms with E-state index in [2.05, 4.69) is 17.5 Å². The molecule has 0 bridgehead atoms. The number of carbonyl (C=O) groups excluding carboxylic acids is 5. The number of ether oxygens (including phenoxy) is 3. The van der Waals surface area contributed by atoms with Gasteiger partial charge in [-0.3, -0.25) is 19.2 Å². The van der Waals surface area contributed by atoms with Gasteiger partial charge in [-0.05, 0) is 12.2 Å². The van der Waals surface area contributed by atoms with Crippen molar-refractivity contribution < 1.29 is 43.3 Å². The highest BCUT2D eigenvalue weighted by molar-refractivity contribution is 7.80. The smallest absolute Gasteiger partial charge is 0.303 e. The molecular weight excluding hydrogens is 358 g/mol. The summed E-state index contributed by atoms with van der Waals surface area (Å²) in [7, 11) is 0. The minimum absolute atomic E-state index is 0.233. The molecule has 0 heterocycles. The summed E-state index contributed by atoms with van der Waals surface area (Å²) in [5, 5.41) is 10.9. The lowest BCUT2D eigenvalue weighted by Gasteiger charge is -2.33. The van der Waals surface area contributed by atoms with Gasteiger partial charge >= 0.3 is 17.9 Å². The Labute approximate surface area is 148 Å². The van der Waals surface area contributed by atoms with Crippen molar-refractivity contribution in [3.8, 4) is 0 Å². The third kappa shape index (κ3) is 8.20. The molecule has 10 nitrogen and oxygen atoms in total. The first kappa shape index (κ1) is 22.4. The van der Waals surface area contributed by atoms with Crippen molar-refractivity contribution in [1.82, 2.24) is 5.32 Å². The molecular formula is C14H19NO9S. The molecule has 2 N–H and O–H groups in total. The number of thiocarbonyl (C=S) groups is 1. The summed E-state index contributed by atoms with van der Waals surface area (Å²) < 4.78 is 14.7. The monoisotopic (exact) mass is 377 g/mol. The molecule has 4 atom stereocenters. The Kier molecular flexibility index (Phi) is 9.28. The Hall–Kier alpha value is -2.56. The molecule has 0 aliphatic rings. The highest BCUT2D eigenvalue weighted by atomic mass is 32.1. The number of carbonyl (C=O) groups is 5. The minimum atomic E-state index is -1.71. The van der Waals surface area contributed by atoms with Crippen molar-refractivity contribution in [2.75, 3.05) is 0 Å². The molecule has 0 saturated carbocycles. The van der Waals surface area contributed by atoms with Crippen LogP contribution < -0.4 is 5.32 Å². The van der Waals surface area contributed by atoms with Crippen molar-refractivity contribution >= 4 is 47.4 Å². The van der Waals surface area contributed by atoms with Gasteiger partial charge in [0.1, 0.15) is 12.3 Å². The van der Waals surface area contributed by atoms with Crippen LogP contribution in [0.15, 0.2) is 0 Å². The molecule has 0 unspecified atom stereocenters. The highest BCUT2D eigenvalue weighted by Crippen LogP contribution is 2.18. The maximum atomic E-state index is 11.4. The van der Waals surface area contributed by atoms with Gasteiger partial charge in [-0.15, -0.1) is 0 Å². The third-order valence-electron chi connectivity index (χ3n) is 2.63. The van der Waals surface area contributed by atoms with Gasteiger partial charge in [0.15, 0.2) is 12.2 Å². The van der Waals surface area contributed by atoms with E-state index in [1.807, 2.05) is 0 Å². The van der Waals surface area contributed by atoms with Gasteiger partial charge in [-0.2, -0.15) is 0 Å². The van der Waals surface area contributed by atoms with Gasteiger partial charge in [0, 0.05) is 27.7 Å². The average molecular weight is 377 g/mol.